The van der Waals surface area contributed by atoms with Crippen LogP contribution in [0, 0.1) is 5.82 Å². The molecule has 4 aromatic rings. The molecule has 1 aliphatic rings. The predicted octanol–water partition coefficient (Wildman–Crippen LogP) is 4.57. The number of aromatic amines is 2. The number of carbonyl (C=O) groups is 1. The van der Waals surface area contributed by atoms with Crippen molar-refractivity contribution >= 4 is 16.8 Å². The van der Waals surface area contributed by atoms with Gasteiger partial charge in [0.25, 0.3) is 0 Å². The smallest absolute Gasteiger partial charge is 0.240 e. The summed E-state index contributed by atoms with van der Waals surface area (Å²) in [6.07, 6.45) is 1.21. The van der Waals surface area contributed by atoms with E-state index < -0.39 is 5.82 Å². The summed E-state index contributed by atoms with van der Waals surface area (Å²) >= 11 is 0. The molecule has 0 saturated heterocycles. The first-order valence-electron chi connectivity index (χ1n) is 14.6. The third-order valence-corrected chi connectivity index (χ3v) is 8.42. The van der Waals surface area contributed by atoms with E-state index in [1.807, 2.05) is 37.1 Å². The fourth-order valence-corrected chi connectivity index (χ4v) is 5.79. The number of amides is 1. The minimum absolute atomic E-state index is 0.129. The summed E-state index contributed by atoms with van der Waals surface area (Å²) in [5.74, 6) is -0.187. The van der Waals surface area contributed by atoms with Crippen LogP contribution in [0.3, 0.4) is 0 Å². The topological polar surface area (TPSA) is 104 Å². The first-order valence-corrected chi connectivity index (χ1v) is 14.6. The molecular formula is C31H40FN7O2. The maximum absolute atomic E-state index is 14.2. The molecule has 5 rings (SSSR count). The lowest BCUT2D eigenvalue weighted by atomic mass is 9.96. The van der Waals surface area contributed by atoms with Gasteiger partial charge < -0.3 is 19.9 Å². The number of nitrogens with one attached hydrogen (secondary N) is 2. The second-order valence-electron chi connectivity index (χ2n) is 10.7. The van der Waals surface area contributed by atoms with E-state index in [4.69, 9.17) is 4.98 Å². The van der Waals surface area contributed by atoms with Crippen molar-refractivity contribution < 1.29 is 14.3 Å². The average Bonchev–Trinajstić information content (AvgIpc) is 3.60. The Labute approximate surface area is 240 Å². The number of halogens is 1. The SMILES string of the molecule is CCc1cc(O)c(F)cc1-c1ccc2c(-c3nc4c([nH]3)CN(CC)[C@H](C(=O)N(C)CCN(CC)CC)C4)n[nH]c2c1. The van der Waals surface area contributed by atoms with Gasteiger partial charge in [0.05, 0.1) is 22.9 Å². The van der Waals surface area contributed by atoms with Gasteiger partial charge in [-0.3, -0.25) is 14.8 Å². The van der Waals surface area contributed by atoms with Gasteiger partial charge in [0.1, 0.15) is 5.69 Å². The van der Waals surface area contributed by atoms with Crippen LogP contribution in [0.1, 0.15) is 44.6 Å². The van der Waals surface area contributed by atoms with E-state index in [0.29, 0.717) is 37.4 Å². The van der Waals surface area contributed by atoms with E-state index in [1.165, 1.54) is 12.1 Å². The standard InChI is InChI=1S/C31H40FN7O2/c1-6-19-15-28(40)23(32)16-22(19)20-10-11-21-24(14-20)35-36-29(21)30-33-25-17-27(39(9-4)18-26(25)34-30)31(41)37(5)12-13-38(7-2)8-3/h10-11,14-16,27,40H,6-9,12-13,17-18H2,1-5H3,(H,33,34)(H,35,36)/t27-/m0/s1. The van der Waals surface area contributed by atoms with Crippen LogP contribution in [0.4, 0.5) is 4.39 Å². The number of phenolic OH excluding ortho intramolecular Hbond substituents is 1. The van der Waals surface area contributed by atoms with Gasteiger partial charge in [-0.2, -0.15) is 5.10 Å². The Morgan fingerprint density at radius 2 is 1.93 bits per heavy atom. The van der Waals surface area contributed by atoms with E-state index in [1.54, 1.807) is 0 Å². The number of phenols is 1. The van der Waals surface area contributed by atoms with Crippen LogP contribution in [0.15, 0.2) is 30.3 Å². The summed E-state index contributed by atoms with van der Waals surface area (Å²) in [4.78, 5) is 28.3. The number of likely N-dealkylation sites (N-methyl/N-ethyl adjacent to an activating group) is 3. The first-order chi connectivity index (χ1) is 19.8. The number of imidazole rings is 1. The Balaban J connectivity index is 1.39. The van der Waals surface area contributed by atoms with Crippen LogP contribution < -0.4 is 0 Å². The lowest BCUT2D eigenvalue weighted by Gasteiger charge is -2.35. The molecule has 2 aromatic heterocycles. The van der Waals surface area contributed by atoms with Crippen LogP contribution in [0.5, 0.6) is 5.75 Å². The molecule has 9 nitrogen and oxygen atoms in total. The molecule has 0 bridgehead atoms. The molecule has 218 valence electrons. The van der Waals surface area contributed by atoms with Gasteiger partial charge in [0, 0.05) is 38.5 Å². The van der Waals surface area contributed by atoms with Gasteiger partial charge in [-0.1, -0.05) is 33.8 Å². The number of H-pyrrole nitrogens is 2. The molecule has 0 fully saturated rings. The quantitative estimate of drug-likeness (QED) is 0.262. The Morgan fingerprint density at radius 1 is 1.15 bits per heavy atom. The first kappa shape index (κ1) is 28.8. The number of benzene rings is 2. The van der Waals surface area contributed by atoms with Crippen LogP contribution in [0.2, 0.25) is 0 Å². The maximum atomic E-state index is 14.2. The van der Waals surface area contributed by atoms with Gasteiger partial charge in [-0.05, 0) is 67.0 Å². The van der Waals surface area contributed by atoms with Gasteiger partial charge >= 0.3 is 0 Å². The minimum Gasteiger partial charge on any atom is -0.505 e. The number of aryl methyl sites for hydroxylation is 1. The molecule has 1 amide bonds. The number of hydrogen-bond acceptors (Lipinski definition) is 6. The van der Waals surface area contributed by atoms with Crippen molar-refractivity contribution in [1.82, 2.24) is 34.9 Å². The highest BCUT2D eigenvalue weighted by Crippen LogP contribution is 2.34. The molecule has 1 aliphatic heterocycles. The van der Waals surface area contributed by atoms with Gasteiger partial charge in [-0.25, -0.2) is 9.37 Å². The normalized spacial score (nSPS) is 15.5. The summed E-state index contributed by atoms with van der Waals surface area (Å²) in [5, 5.41) is 18.4. The van der Waals surface area contributed by atoms with Gasteiger partial charge in [-0.15, -0.1) is 0 Å². The number of carbonyl (C=O) groups excluding carboxylic acids is 1. The summed E-state index contributed by atoms with van der Waals surface area (Å²) in [7, 11) is 1.89. The summed E-state index contributed by atoms with van der Waals surface area (Å²) in [6, 6.07) is 8.47. The molecule has 1 atom stereocenters. The van der Waals surface area contributed by atoms with Gasteiger partial charge in [0.2, 0.25) is 5.91 Å². The number of aromatic hydroxyl groups is 1. The van der Waals surface area contributed by atoms with Crippen LogP contribution in [-0.4, -0.2) is 91.7 Å². The molecule has 10 heteroatoms. The van der Waals surface area contributed by atoms with E-state index in [0.717, 1.165) is 65.2 Å². The minimum atomic E-state index is -0.642. The fourth-order valence-electron chi connectivity index (χ4n) is 5.79. The fraction of sp³-hybridized carbons (Fsp3) is 0.452. The highest BCUT2D eigenvalue weighted by Gasteiger charge is 2.35. The molecule has 0 spiro atoms. The van der Waals surface area contributed by atoms with E-state index in [9.17, 15) is 14.3 Å². The lowest BCUT2D eigenvalue weighted by Crippen LogP contribution is -2.51. The van der Waals surface area contributed by atoms with E-state index in [-0.39, 0.29) is 17.7 Å². The average molecular weight is 562 g/mol. The van der Waals surface area contributed by atoms with Crippen molar-refractivity contribution in [2.24, 2.45) is 0 Å². The molecular weight excluding hydrogens is 521 g/mol. The predicted molar refractivity (Wildman–Crippen MR) is 159 cm³/mol. The van der Waals surface area contributed by atoms with E-state index in [2.05, 4.69) is 45.8 Å². The third kappa shape index (κ3) is 5.58. The highest BCUT2D eigenvalue weighted by molar-refractivity contribution is 5.94. The molecule has 3 N–H and O–H groups in total. The summed E-state index contributed by atoms with van der Waals surface area (Å²) in [6.45, 7) is 13.2. The molecule has 3 heterocycles. The van der Waals surface area contributed by atoms with E-state index >= 15 is 0 Å². The molecule has 41 heavy (non-hydrogen) atoms. The highest BCUT2D eigenvalue weighted by atomic mass is 19.1. The second-order valence-corrected chi connectivity index (χ2v) is 10.7. The zero-order valence-corrected chi connectivity index (χ0v) is 24.6. The van der Waals surface area contributed by atoms with Crippen LogP contribution in [0.25, 0.3) is 33.5 Å². The Hall–Kier alpha value is -3.76. The van der Waals surface area contributed by atoms with Crippen molar-refractivity contribution in [2.75, 3.05) is 39.8 Å². The van der Waals surface area contributed by atoms with Crippen molar-refractivity contribution in [3.8, 4) is 28.4 Å². The summed E-state index contributed by atoms with van der Waals surface area (Å²) in [5.41, 5.74) is 5.87. The number of nitrogens with zero attached hydrogens (tertiary/aromatic N) is 5. The molecule has 0 unspecified atom stereocenters. The van der Waals surface area contributed by atoms with Crippen molar-refractivity contribution in [2.45, 2.75) is 53.1 Å². The molecule has 0 aliphatic carbocycles. The maximum Gasteiger partial charge on any atom is 0.240 e. The second kappa shape index (κ2) is 12.0. The zero-order valence-electron chi connectivity index (χ0n) is 24.6. The Morgan fingerprint density at radius 3 is 2.63 bits per heavy atom. The monoisotopic (exact) mass is 561 g/mol. The molecule has 0 radical (unpaired) electrons. The van der Waals surface area contributed by atoms with Crippen molar-refractivity contribution in [1.29, 1.82) is 0 Å². The van der Waals surface area contributed by atoms with Crippen LogP contribution in [-0.2, 0) is 24.2 Å². The largest absolute Gasteiger partial charge is 0.505 e. The number of hydrogen-bond donors (Lipinski definition) is 3. The summed E-state index contributed by atoms with van der Waals surface area (Å²) < 4.78 is 14.2. The number of rotatable bonds is 10. The van der Waals surface area contributed by atoms with Crippen molar-refractivity contribution in [3.05, 3.63) is 53.1 Å². The molecule has 0 saturated carbocycles. The lowest BCUT2D eigenvalue weighted by molar-refractivity contribution is -0.136. The van der Waals surface area contributed by atoms with Crippen molar-refractivity contribution in [3.63, 3.8) is 0 Å². The molecule has 2 aromatic carbocycles. The zero-order chi connectivity index (χ0) is 29.3. The number of aromatic nitrogens is 4. The van der Waals surface area contributed by atoms with Gasteiger partial charge in [0.15, 0.2) is 17.4 Å². The van der Waals surface area contributed by atoms with Crippen LogP contribution >= 0.6 is 0 Å². The number of fused-ring (bicyclic) bond motifs is 2. The Kier molecular flexibility index (Phi) is 8.42. The Bertz CT molecular complexity index is 1540. The third-order valence-electron chi connectivity index (χ3n) is 8.42.